The minimum atomic E-state index is 0. The number of likely N-dealkylation sites (tertiary alicyclic amines) is 1. The number of halogens is 1. The van der Waals surface area contributed by atoms with E-state index < -0.39 is 0 Å². The zero-order valence-corrected chi connectivity index (χ0v) is 12.3. The Morgan fingerprint density at radius 3 is 2.84 bits per heavy atom. The number of piperidine rings is 1. The maximum absolute atomic E-state index is 4.91. The molecule has 102 valence electrons. The lowest BCUT2D eigenvalue weighted by Crippen LogP contribution is -2.27. The lowest BCUT2D eigenvalue weighted by molar-refractivity contribution is 0.311. The highest BCUT2D eigenvalue weighted by Crippen LogP contribution is 2.58. The molecule has 2 aromatic rings. The normalized spacial score (nSPS) is 29.3. The van der Waals surface area contributed by atoms with Gasteiger partial charge >= 0.3 is 0 Å². The first-order chi connectivity index (χ1) is 8.74. The molecule has 2 fully saturated rings. The van der Waals surface area contributed by atoms with Crippen LogP contribution in [-0.4, -0.2) is 34.1 Å². The van der Waals surface area contributed by atoms with Gasteiger partial charge in [0.25, 0.3) is 0 Å². The second-order valence-electron chi connectivity index (χ2n) is 5.87. The van der Waals surface area contributed by atoms with Crippen LogP contribution in [0, 0.1) is 5.92 Å². The predicted molar refractivity (Wildman–Crippen MR) is 79.9 cm³/mol. The van der Waals surface area contributed by atoms with Crippen LogP contribution in [-0.2, 0) is 12.5 Å². The zero-order valence-electron chi connectivity index (χ0n) is 11.5. The maximum Gasteiger partial charge on any atom is 0.117 e. The Balaban J connectivity index is 0.00000110. The summed E-state index contributed by atoms with van der Waals surface area (Å²) in [5.41, 5.74) is 2.77. The molecule has 19 heavy (non-hydrogen) atoms. The van der Waals surface area contributed by atoms with Gasteiger partial charge in [0.05, 0.1) is 11.0 Å². The van der Waals surface area contributed by atoms with E-state index in [2.05, 4.69) is 47.7 Å². The van der Waals surface area contributed by atoms with Gasteiger partial charge < -0.3 is 9.47 Å². The standard InChI is InChI=1S/C15H19N3.ClH/c1-3-18-9-11-8-15(11,10-18)14-16-12-6-4-5-7-13(12)17(14)2;/h4-7,11H,3,8-10H2,1-2H3;1H. The Morgan fingerprint density at radius 1 is 1.37 bits per heavy atom. The van der Waals surface area contributed by atoms with Gasteiger partial charge in [0, 0.05) is 25.6 Å². The third-order valence-corrected chi connectivity index (χ3v) is 4.90. The van der Waals surface area contributed by atoms with Crippen molar-refractivity contribution in [2.24, 2.45) is 13.0 Å². The van der Waals surface area contributed by atoms with E-state index >= 15 is 0 Å². The lowest BCUT2D eigenvalue weighted by atomic mass is 10.1. The Morgan fingerprint density at radius 2 is 2.16 bits per heavy atom. The van der Waals surface area contributed by atoms with Crippen molar-refractivity contribution in [1.29, 1.82) is 0 Å². The van der Waals surface area contributed by atoms with Crippen molar-refractivity contribution in [1.82, 2.24) is 14.5 Å². The van der Waals surface area contributed by atoms with Gasteiger partial charge in [-0.1, -0.05) is 19.1 Å². The molecule has 0 N–H and O–H groups in total. The van der Waals surface area contributed by atoms with Gasteiger partial charge in [-0.25, -0.2) is 4.98 Å². The predicted octanol–water partition coefficient (Wildman–Crippen LogP) is 2.59. The molecule has 4 rings (SSSR count). The fourth-order valence-corrected chi connectivity index (χ4v) is 3.77. The van der Waals surface area contributed by atoms with Crippen molar-refractivity contribution in [3.8, 4) is 0 Å². The maximum atomic E-state index is 4.91. The van der Waals surface area contributed by atoms with Gasteiger partial charge in [-0.15, -0.1) is 12.4 Å². The van der Waals surface area contributed by atoms with Gasteiger partial charge in [0.1, 0.15) is 5.82 Å². The number of nitrogens with zero attached hydrogens (tertiary/aromatic N) is 3. The Kier molecular flexibility index (Phi) is 2.88. The van der Waals surface area contributed by atoms with Crippen LogP contribution in [0.15, 0.2) is 24.3 Å². The lowest BCUT2D eigenvalue weighted by Gasteiger charge is -2.18. The van der Waals surface area contributed by atoms with Crippen molar-refractivity contribution in [2.45, 2.75) is 18.8 Å². The van der Waals surface area contributed by atoms with Crippen LogP contribution in [0.25, 0.3) is 11.0 Å². The highest BCUT2D eigenvalue weighted by atomic mass is 35.5. The van der Waals surface area contributed by atoms with Gasteiger partial charge in [-0.2, -0.15) is 0 Å². The number of hydrogen-bond acceptors (Lipinski definition) is 2. The molecule has 0 amide bonds. The van der Waals surface area contributed by atoms with Gasteiger partial charge in [-0.05, 0) is 31.0 Å². The van der Waals surface area contributed by atoms with E-state index in [1.165, 1.54) is 37.4 Å². The monoisotopic (exact) mass is 277 g/mol. The first kappa shape index (κ1) is 12.9. The highest BCUT2D eigenvalue weighted by Gasteiger charge is 2.62. The molecule has 1 aromatic carbocycles. The number of aryl methyl sites for hydroxylation is 1. The van der Waals surface area contributed by atoms with Gasteiger partial charge in [-0.3, -0.25) is 0 Å². The number of hydrogen-bond donors (Lipinski definition) is 0. The number of fused-ring (bicyclic) bond motifs is 2. The number of likely N-dealkylation sites (N-methyl/N-ethyl adjacent to an activating group) is 1. The quantitative estimate of drug-likeness (QED) is 0.841. The number of aromatic nitrogens is 2. The summed E-state index contributed by atoms with van der Waals surface area (Å²) in [5, 5.41) is 0. The van der Waals surface area contributed by atoms with Crippen molar-refractivity contribution in [2.75, 3.05) is 19.6 Å². The van der Waals surface area contributed by atoms with E-state index in [1.54, 1.807) is 0 Å². The zero-order chi connectivity index (χ0) is 12.3. The first-order valence-electron chi connectivity index (χ1n) is 6.89. The fraction of sp³-hybridized carbons (Fsp3) is 0.533. The summed E-state index contributed by atoms with van der Waals surface area (Å²) < 4.78 is 2.31. The molecule has 1 aliphatic heterocycles. The van der Waals surface area contributed by atoms with Crippen LogP contribution < -0.4 is 0 Å². The molecule has 4 heteroatoms. The number of para-hydroxylation sites is 2. The summed E-state index contributed by atoms with van der Waals surface area (Å²) in [4.78, 5) is 7.48. The van der Waals surface area contributed by atoms with Crippen LogP contribution in [0.5, 0.6) is 0 Å². The number of rotatable bonds is 2. The van der Waals surface area contributed by atoms with Crippen molar-refractivity contribution >= 4 is 23.4 Å². The molecule has 2 aliphatic rings. The highest BCUT2D eigenvalue weighted by molar-refractivity contribution is 5.85. The molecule has 2 heterocycles. The van der Waals surface area contributed by atoms with E-state index in [1.807, 2.05) is 0 Å². The molecule has 1 aromatic heterocycles. The van der Waals surface area contributed by atoms with Crippen LogP contribution in [0.2, 0.25) is 0 Å². The summed E-state index contributed by atoms with van der Waals surface area (Å²) in [7, 11) is 2.17. The minimum absolute atomic E-state index is 0. The van der Waals surface area contributed by atoms with Gasteiger partial charge in [0.15, 0.2) is 0 Å². The summed E-state index contributed by atoms with van der Waals surface area (Å²) in [5.74, 6) is 2.15. The summed E-state index contributed by atoms with van der Waals surface area (Å²) in [6.07, 6.45) is 1.33. The minimum Gasteiger partial charge on any atom is -0.331 e. The fourth-order valence-electron chi connectivity index (χ4n) is 3.77. The Labute approximate surface area is 120 Å². The van der Waals surface area contributed by atoms with E-state index in [-0.39, 0.29) is 12.4 Å². The molecule has 0 radical (unpaired) electrons. The van der Waals surface area contributed by atoms with Crippen molar-refractivity contribution in [3.63, 3.8) is 0 Å². The summed E-state index contributed by atoms with van der Waals surface area (Å²) in [6, 6.07) is 8.47. The smallest absolute Gasteiger partial charge is 0.117 e. The van der Waals surface area contributed by atoms with Crippen LogP contribution >= 0.6 is 12.4 Å². The average Bonchev–Trinajstić information content (AvgIpc) is 2.80. The molecule has 3 nitrogen and oxygen atoms in total. The van der Waals surface area contributed by atoms with Gasteiger partial charge in [0.2, 0.25) is 0 Å². The number of benzene rings is 1. The molecule has 1 saturated carbocycles. The molecule has 1 saturated heterocycles. The van der Waals surface area contributed by atoms with Crippen molar-refractivity contribution < 1.29 is 0 Å². The third kappa shape index (κ3) is 1.65. The van der Waals surface area contributed by atoms with E-state index in [0.29, 0.717) is 5.41 Å². The van der Waals surface area contributed by atoms with Crippen LogP contribution in [0.1, 0.15) is 19.2 Å². The number of imidazole rings is 1. The molecular formula is C15H20ClN3. The SMILES string of the molecule is CCN1CC2CC2(c2nc3ccccc3n2C)C1.Cl. The van der Waals surface area contributed by atoms with Crippen molar-refractivity contribution in [3.05, 3.63) is 30.1 Å². The van der Waals surface area contributed by atoms with Crippen LogP contribution in [0.3, 0.4) is 0 Å². The Bertz CT molecular complexity index is 621. The van der Waals surface area contributed by atoms with E-state index in [0.717, 1.165) is 11.4 Å². The van der Waals surface area contributed by atoms with E-state index in [4.69, 9.17) is 4.98 Å². The third-order valence-electron chi connectivity index (χ3n) is 4.90. The molecule has 0 bridgehead atoms. The second-order valence-corrected chi connectivity index (χ2v) is 5.87. The summed E-state index contributed by atoms with van der Waals surface area (Å²) >= 11 is 0. The average molecular weight is 278 g/mol. The second kappa shape index (κ2) is 4.22. The topological polar surface area (TPSA) is 21.1 Å². The largest absolute Gasteiger partial charge is 0.331 e. The summed E-state index contributed by atoms with van der Waals surface area (Å²) in [6.45, 7) is 5.89. The van der Waals surface area contributed by atoms with Crippen LogP contribution in [0.4, 0.5) is 0 Å². The Hall–Kier alpha value is -1.06. The first-order valence-corrected chi connectivity index (χ1v) is 6.89. The molecule has 2 atom stereocenters. The van der Waals surface area contributed by atoms with E-state index in [9.17, 15) is 0 Å². The molecular weight excluding hydrogens is 258 g/mol. The molecule has 2 unspecified atom stereocenters. The molecule has 1 aliphatic carbocycles. The molecule has 0 spiro atoms.